The Morgan fingerprint density at radius 3 is 2.69 bits per heavy atom. The van der Waals surface area contributed by atoms with Crippen LogP contribution in [-0.4, -0.2) is 44.3 Å². The third-order valence-corrected chi connectivity index (χ3v) is 7.33. The summed E-state index contributed by atoms with van der Waals surface area (Å²) in [6, 6.07) is 4.01. The molecule has 1 aliphatic heterocycles. The number of hydrogen-bond acceptors (Lipinski definition) is 6. The van der Waals surface area contributed by atoms with Crippen molar-refractivity contribution in [3.8, 4) is 0 Å². The monoisotopic (exact) mass is 438 g/mol. The van der Waals surface area contributed by atoms with Gasteiger partial charge < -0.3 is 15.3 Å². The first-order valence-electron chi connectivity index (χ1n) is 12.2. The van der Waals surface area contributed by atoms with Crippen molar-refractivity contribution in [2.24, 2.45) is 17.8 Å². The molecule has 2 aromatic rings. The Hall–Kier alpha value is -2.64. The SMILES string of the molecule is Cc1cc(Nc2cc(C3CC3)n[nH]2)nc(N2C[C@@H](CC(=O)O)C[C@@H](C3CCCCC3)C2)n1. The quantitative estimate of drug-likeness (QED) is 0.579. The number of hydrogen-bond donors (Lipinski definition) is 3. The summed E-state index contributed by atoms with van der Waals surface area (Å²) in [5.41, 5.74) is 2.01. The number of carbonyl (C=O) groups is 1. The van der Waals surface area contributed by atoms with Gasteiger partial charge in [0.25, 0.3) is 0 Å². The highest BCUT2D eigenvalue weighted by Crippen LogP contribution is 2.40. The minimum Gasteiger partial charge on any atom is -0.481 e. The van der Waals surface area contributed by atoms with E-state index in [4.69, 9.17) is 9.97 Å². The van der Waals surface area contributed by atoms with Crippen molar-refractivity contribution < 1.29 is 9.90 Å². The average molecular weight is 439 g/mol. The molecule has 5 rings (SSSR count). The van der Waals surface area contributed by atoms with Crippen molar-refractivity contribution in [2.75, 3.05) is 23.3 Å². The van der Waals surface area contributed by atoms with Crippen LogP contribution in [0.5, 0.6) is 0 Å². The second-order valence-corrected chi connectivity index (χ2v) is 10.1. The summed E-state index contributed by atoms with van der Waals surface area (Å²) in [6.45, 7) is 3.60. The number of piperidine rings is 1. The maximum Gasteiger partial charge on any atom is 0.303 e. The molecule has 0 aromatic carbocycles. The number of nitrogens with zero attached hydrogens (tertiary/aromatic N) is 4. The summed E-state index contributed by atoms with van der Waals surface area (Å²) in [4.78, 5) is 23.3. The van der Waals surface area contributed by atoms with Crippen LogP contribution < -0.4 is 10.2 Å². The van der Waals surface area contributed by atoms with Crippen molar-refractivity contribution >= 4 is 23.6 Å². The van der Waals surface area contributed by atoms with E-state index in [0.29, 0.717) is 30.2 Å². The van der Waals surface area contributed by atoms with E-state index >= 15 is 0 Å². The first-order valence-corrected chi connectivity index (χ1v) is 12.2. The fourth-order valence-corrected chi connectivity index (χ4v) is 5.64. The number of carboxylic acids is 1. The van der Waals surface area contributed by atoms with Crippen LogP contribution in [0, 0.1) is 24.7 Å². The molecule has 0 spiro atoms. The summed E-state index contributed by atoms with van der Waals surface area (Å²) in [5, 5.41) is 20.3. The maximum absolute atomic E-state index is 11.5. The van der Waals surface area contributed by atoms with Crippen LogP contribution in [0.4, 0.5) is 17.6 Å². The number of aromatic amines is 1. The molecule has 8 heteroatoms. The molecule has 2 saturated carbocycles. The second kappa shape index (κ2) is 9.08. The van der Waals surface area contributed by atoms with Crippen molar-refractivity contribution in [3.05, 3.63) is 23.5 Å². The van der Waals surface area contributed by atoms with Gasteiger partial charge >= 0.3 is 5.97 Å². The molecule has 0 amide bonds. The van der Waals surface area contributed by atoms with Crippen LogP contribution in [0.1, 0.15) is 75.1 Å². The topological polar surface area (TPSA) is 107 Å². The molecule has 0 bridgehead atoms. The zero-order chi connectivity index (χ0) is 22.1. The van der Waals surface area contributed by atoms with Gasteiger partial charge in [-0.3, -0.25) is 9.89 Å². The van der Waals surface area contributed by atoms with Gasteiger partial charge in [-0.15, -0.1) is 0 Å². The number of nitrogens with one attached hydrogen (secondary N) is 2. The Morgan fingerprint density at radius 2 is 1.94 bits per heavy atom. The van der Waals surface area contributed by atoms with Crippen molar-refractivity contribution in [2.45, 2.75) is 70.6 Å². The lowest BCUT2D eigenvalue weighted by molar-refractivity contribution is -0.138. The molecule has 2 aliphatic carbocycles. The van der Waals surface area contributed by atoms with E-state index in [1.54, 1.807) is 0 Å². The molecular formula is C24H34N6O2. The van der Waals surface area contributed by atoms with Gasteiger partial charge in [-0.1, -0.05) is 32.1 Å². The summed E-state index contributed by atoms with van der Waals surface area (Å²) in [5.74, 6) is 3.52. The molecule has 172 valence electrons. The number of aromatic nitrogens is 4. The Labute approximate surface area is 189 Å². The molecule has 3 heterocycles. The third-order valence-electron chi connectivity index (χ3n) is 7.33. The molecule has 8 nitrogen and oxygen atoms in total. The normalized spacial score (nSPS) is 24.5. The number of aliphatic carboxylic acids is 1. The van der Waals surface area contributed by atoms with Crippen molar-refractivity contribution in [3.63, 3.8) is 0 Å². The van der Waals surface area contributed by atoms with Crippen molar-refractivity contribution in [1.29, 1.82) is 0 Å². The minimum atomic E-state index is -0.711. The van der Waals surface area contributed by atoms with Gasteiger partial charge in [0.1, 0.15) is 11.6 Å². The summed E-state index contributed by atoms with van der Waals surface area (Å²) >= 11 is 0. The molecule has 3 N–H and O–H groups in total. The van der Waals surface area contributed by atoms with Crippen LogP contribution >= 0.6 is 0 Å². The van der Waals surface area contributed by atoms with E-state index in [-0.39, 0.29) is 12.3 Å². The Balaban J connectivity index is 1.35. The molecular weight excluding hydrogens is 404 g/mol. The molecule has 0 radical (unpaired) electrons. The number of rotatable bonds is 7. The van der Waals surface area contributed by atoms with E-state index in [1.807, 2.05) is 13.0 Å². The zero-order valence-corrected chi connectivity index (χ0v) is 18.9. The molecule has 2 atom stereocenters. The fraction of sp³-hybridized carbons (Fsp3) is 0.667. The molecule has 32 heavy (non-hydrogen) atoms. The smallest absolute Gasteiger partial charge is 0.303 e. The largest absolute Gasteiger partial charge is 0.481 e. The van der Waals surface area contributed by atoms with Gasteiger partial charge in [0.05, 0.1) is 5.69 Å². The average Bonchev–Trinajstić information content (AvgIpc) is 3.52. The fourth-order valence-electron chi connectivity index (χ4n) is 5.64. The minimum absolute atomic E-state index is 0.141. The third kappa shape index (κ3) is 5.05. The second-order valence-electron chi connectivity index (χ2n) is 10.1. The molecule has 3 aliphatic rings. The van der Waals surface area contributed by atoms with Crippen molar-refractivity contribution in [1.82, 2.24) is 20.2 Å². The van der Waals surface area contributed by atoms with Crippen LogP contribution in [0.25, 0.3) is 0 Å². The first-order chi connectivity index (χ1) is 15.5. The lowest BCUT2D eigenvalue weighted by Gasteiger charge is -2.42. The first kappa shape index (κ1) is 21.2. The Kier molecular flexibility index (Phi) is 6.02. The predicted molar refractivity (Wildman–Crippen MR) is 123 cm³/mol. The van der Waals surface area contributed by atoms with E-state index in [1.165, 1.54) is 44.9 Å². The van der Waals surface area contributed by atoms with Gasteiger partial charge in [-0.2, -0.15) is 10.1 Å². The Bertz CT molecular complexity index is 950. The molecule has 0 unspecified atom stereocenters. The van der Waals surface area contributed by atoms with Gasteiger partial charge in [-0.05, 0) is 43.9 Å². The lowest BCUT2D eigenvalue weighted by atomic mass is 9.73. The van der Waals surface area contributed by atoms with Crippen LogP contribution in [0.2, 0.25) is 0 Å². The maximum atomic E-state index is 11.5. The molecule has 3 fully saturated rings. The van der Waals surface area contributed by atoms with Gasteiger partial charge in [-0.25, -0.2) is 4.98 Å². The van der Waals surface area contributed by atoms with E-state index in [0.717, 1.165) is 36.0 Å². The number of H-pyrrole nitrogens is 1. The predicted octanol–water partition coefficient (Wildman–Crippen LogP) is 4.63. The highest BCUT2D eigenvalue weighted by atomic mass is 16.4. The number of aryl methyl sites for hydroxylation is 1. The highest BCUT2D eigenvalue weighted by Gasteiger charge is 2.35. The van der Waals surface area contributed by atoms with Crippen LogP contribution in [0.3, 0.4) is 0 Å². The summed E-state index contributed by atoms with van der Waals surface area (Å²) in [7, 11) is 0. The summed E-state index contributed by atoms with van der Waals surface area (Å²) < 4.78 is 0. The van der Waals surface area contributed by atoms with Crippen LogP contribution in [0.15, 0.2) is 12.1 Å². The number of anilines is 3. The highest BCUT2D eigenvalue weighted by molar-refractivity contribution is 5.67. The zero-order valence-electron chi connectivity index (χ0n) is 18.9. The Morgan fingerprint density at radius 1 is 1.12 bits per heavy atom. The van der Waals surface area contributed by atoms with Crippen LogP contribution in [-0.2, 0) is 4.79 Å². The van der Waals surface area contributed by atoms with E-state index < -0.39 is 5.97 Å². The van der Waals surface area contributed by atoms with Gasteiger partial charge in [0.15, 0.2) is 0 Å². The molecule has 2 aromatic heterocycles. The standard InChI is InChI=1S/C24H34N6O2/c1-15-9-21(26-22-12-20(28-29-22)18-7-8-18)27-24(25-15)30-13-16(11-23(31)32)10-19(14-30)17-5-3-2-4-6-17/h9,12,16-19H,2-8,10-11,13-14H2,1H3,(H,31,32)(H2,25,26,27,28,29)/t16-,19-/m1/s1. The summed E-state index contributed by atoms with van der Waals surface area (Å²) in [6.07, 6.45) is 10.1. The van der Waals surface area contributed by atoms with Gasteiger partial charge in [0.2, 0.25) is 5.95 Å². The number of carboxylic acid groups (broad SMARTS) is 1. The van der Waals surface area contributed by atoms with E-state index in [9.17, 15) is 9.90 Å². The van der Waals surface area contributed by atoms with Gasteiger partial charge in [0, 0.05) is 43.3 Å². The lowest BCUT2D eigenvalue weighted by Crippen LogP contribution is -2.44. The molecule has 1 saturated heterocycles. The van der Waals surface area contributed by atoms with E-state index in [2.05, 4.69) is 26.5 Å².